The maximum Gasteiger partial charge on any atom is 0.309 e. The lowest BCUT2D eigenvalue weighted by Crippen LogP contribution is -2.60. The molecule has 5 rings (SSSR count). The number of benzene rings is 1. The van der Waals surface area contributed by atoms with Gasteiger partial charge in [-0.05, 0) is 37.3 Å². The maximum atomic E-state index is 11.8. The molecule has 6 nitrogen and oxygen atoms in total. The summed E-state index contributed by atoms with van der Waals surface area (Å²) < 4.78 is 5.55. The zero-order valence-electron chi connectivity index (χ0n) is 14.8. The van der Waals surface area contributed by atoms with Crippen molar-refractivity contribution in [3.05, 3.63) is 35.5 Å². The van der Waals surface area contributed by atoms with Crippen molar-refractivity contribution in [1.82, 2.24) is 9.88 Å². The normalized spacial score (nSPS) is 37.0. The fourth-order valence-corrected chi connectivity index (χ4v) is 5.42. The van der Waals surface area contributed by atoms with Gasteiger partial charge < -0.3 is 19.9 Å². The number of rotatable bonds is 1. The number of ether oxygens (including phenoxy) is 1. The van der Waals surface area contributed by atoms with Crippen LogP contribution in [0.25, 0.3) is 10.9 Å². The van der Waals surface area contributed by atoms with E-state index in [0.717, 1.165) is 24.9 Å². The van der Waals surface area contributed by atoms with Crippen LogP contribution in [0.5, 0.6) is 0 Å². The van der Waals surface area contributed by atoms with E-state index in [-0.39, 0.29) is 24.5 Å². The third kappa shape index (κ3) is 2.25. The van der Waals surface area contributed by atoms with E-state index in [4.69, 9.17) is 4.74 Å². The predicted octanol–water partition coefficient (Wildman–Crippen LogP) is 2.14. The number of nitrogens with zero attached hydrogens (tertiary/aromatic N) is 1. The predicted molar refractivity (Wildman–Crippen MR) is 95.6 cm³/mol. The molecule has 6 heteroatoms. The second-order valence-corrected chi connectivity index (χ2v) is 8.14. The molecule has 1 aromatic heterocycles. The fourth-order valence-electron chi connectivity index (χ4n) is 5.42. The number of para-hydroxylation sites is 1. The molecule has 3 aliphatic rings. The quantitative estimate of drug-likeness (QED) is 0.729. The number of hydrogen-bond acceptors (Lipinski definition) is 4. The van der Waals surface area contributed by atoms with E-state index in [1.807, 2.05) is 6.07 Å². The Bertz CT molecular complexity index is 874. The first-order chi connectivity index (χ1) is 12.5. The topological polar surface area (TPSA) is 85.8 Å². The lowest BCUT2D eigenvalue weighted by molar-refractivity contribution is -0.286. The number of nitrogens with one attached hydrogen (secondary N) is 1. The van der Waals surface area contributed by atoms with Crippen molar-refractivity contribution in [3.63, 3.8) is 0 Å². The number of carboxylic acid groups (broad SMARTS) is 1. The molecule has 2 fully saturated rings. The summed E-state index contributed by atoms with van der Waals surface area (Å²) in [7, 11) is 0. The van der Waals surface area contributed by atoms with E-state index >= 15 is 0 Å². The first kappa shape index (κ1) is 16.3. The number of fused-ring (bicyclic) bond motifs is 6. The number of carboxylic acids is 1. The molecule has 2 aromatic rings. The molecule has 0 radical (unpaired) electrons. The van der Waals surface area contributed by atoms with E-state index in [1.165, 1.54) is 16.6 Å². The number of aromatic nitrogens is 1. The van der Waals surface area contributed by atoms with Gasteiger partial charge >= 0.3 is 5.97 Å². The summed E-state index contributed by atoms with van der Waals surface area (Å²) in [4.78, 5) is 17.8. The molecule has 0 spiro atoms. The highest BCUT2D eigenvalue weighted by molar-refractivity contribution is 5.85. The molecule has 2 saturated heterocycles. The lowest BCUT2D eigenvalue weighted by Gasteiger charge is -2.53. The van der Waals surface area contributed by atoms with Crippen molar-refractivity contribution in [2.24, 2.45) is 17.8 Å². The van der Waals surface area contributed by atoms with Gasteiger partial charge in [-0.2, -0.15) is 0 Å². The van der Waals surface area contributed by atoms with E-state index in [2.05, 4.69) is 28.1 Å². The zero-order chi connectivity index (χ0) is 18.1. The van der Waals surface area contributed by atoms with E-state index < -0.39 is 17.7 Å². The van der Waals surface area contributed by atoms with Gasteiger partial charge in [-0.15, -0.1) is 0 Å². The summed E-state index contributed by atoms with van der Waals surface area (Å²) in [6.07, 6.45) is 1.71. The van der Waals surface area contributed by atoms with Gasteiger partial charge in [-0.3, -0.25) is 9.69 Å². The fraction of sp³-hybridized carbons (Fsp3) is 0.550. The summed E-state index contributed by atoms with van der Waals surface area (Å²) >= 11 is 0. The third-order valence-electron chi connectivity index (χ3n) is 6.79. The standard InChI is InChI=1S/C20H24N2O4/c1-20(25)15-9-22-7-6-12-11-4-2-3-5-16(11)21-18(12)17(22)8-13(15)14(10-26-20)19(23)24/h2-5,13-15,17,21,25H,6-10H2,1H3,(H,23,24). The van der Waals surface area contributed by atoms with Crippen molar-refractivity contribution in [2.45, 2.75) is 31.6 Å². The number of aromatic amines is 1. The summed E-state index contributed by atoms with van der Waals surface area (Å²) in [5.41, 5.74) is 3.74. The minimum absolute atomic E-state index is 0.0791. The Morgan fingerprint density at radius 3 is 3.00 bits per heavy atom. The average molecular weight is 356 g/mol. The molecule has 0 amide bonds. The van der Waals surface area contributed by atoms with E-state index in [1.54, 1.807) is 6.92 Å². The van der Waals surface area contributed by atoms with E-state index in [0.29, 0.717) is 6.54 Å². The molecular weight excluding hydrogens is 332 g/mol. The first-order valence-corrected chi connectivity index (χ1v) is 9.38. The lowest BCUT2D eigenvalue weighted by atomic mass is 9.68. The maximum absolute atomic E-state index is 11.8. The second-order valence-electron chi connectivity index (χ2n) is 8.14. The Hall–Kier alpha value is -1.89. The van der Waals surface area contributed by atoms with Crippen LogP contribution in [-0.2, 0) is 16.0 Å². The number of H-pyrrole nitrogens is 1. The molecular formula is C20H24N2O4. The summed E-state index contributed by atoms with van der Waals surface area (Å²) in [5.74, 6) is -2.91. The largest absolute Gasteiger partial charge is 0.481 e. The smallest absolute Gasteiger partial charge is 0.309 e. The first-order valence-electron chi connectivity index (χ1n) is 9.38. The zero-order valence-corrected chi connectivity index (χ0v) is 14.8. The van der Waals surface area contributed by atoms with Crippen molar-refractivity contribution in [3.8, 4) is 0 Å². The average Bonchev–Trinajstić information content (AvgIpc) is 2.99. The summed E-state index contributed by atoms with van der Waals surface area (Å²) in [6, 6.07) is 8.54. The number of aliphatic hydroxyl groups is 1. The van der Waals surface area contributed by atoms with Crippen LogP contribution in [0.4, 0.5) is 0 Å². The highest BCUT2D eigenvalue weighted by atomic mass is 16.6. The number of piperidine rings is 1. The highest BCUT2D eigenvalue weighted by Crippen LogP contribution is 2.49. The second kappa shape index (κ2) is 5.55. The van der Waals surface area contributed by atoms with Crippen molar-refractivity contribution < 1.29 is 19.7 Å². The SMILES string of the molecule is CC1(O)OCC(C(=O)O)C2CC3c4[nH]c5ccccc5c4CCN3CC21. The molecule has 1 aromatic carbocycles. The molecule has 138 valence electrons. The number of hydrogen-bond donors (Lipinski definition) is 3. The molecule has 5 unspecified atom stereocenters. The molecule has 4 heterocycles. The minimum Gasteiger partial charge on any atom is -0.481 e. The van der Waals surface area contributed by atoms with Gasteiger partial charge in [-0.1, -0.05) is 18.2 Å². The van der Waals surface area contributed by atoms with Crippen molar-refractivity contribution >= 4 is 16.9 Å². The van der Waals surface area contributed by atoms with Crippen LogP contribution in [0.15, 0.2) is 24.3 Å². The van der Waals surface area contributed by atoms with Crippen LogP contribution in [0.2, 0.25) is 0 Å². The van der Waals surface area contributed by atoms with Crippen LogP contribution in [0.3, 0.4) is 0 Å². The number of carbonyl (C=O) groups is 1. The Morgan fingerprint density at radius 1 is 1.38 bits per heavy atom. The molecule has 0 bridgehead atoms. The van der Waals surface area contributed by atoms with Gasteiger partial charge in [0.25, 0.3) is 0 Å². The van der Waals surface area contributed by atoms with Crippen LogP contribution >= 0.6 is 0 Å². The van der Waals surface area contributed by atoms with Gasteiger partial charge in [0.15, 0.2) is 5.79 Å². The van der Waals surface area contributed by atoms with Crippen molar-refractivity contribution in [1.29, 1.82) is 0 Å². The molecule has 26 heavy (non-hydrogen) atoms. The van der Waals surface area contributed by atoms with Crippen LogP contribution < -0.4 is 0 Å². The minimum atomic E-state index is -1.26. The van der Waals surface area contributed by atoms with E-state index in [9.17, 15) is 15.0 Å². The van der Waals surface area contributed by atoms with Gasteiger partial charge in [0.05, 0.1) is 18.6 Å². The molecule has 5 atom stereocenters. The van der Waals surface area contributed by atoms with Gasteiger partial charge in [0.1, 0.15) is 0 Å². The van der Waals surface area contributed by atoms with Crippen LogP contribution in [0, 0.1) is 17.8 Å². The Balaban J connectivity index is 1.56. The Labute approximate surface area is 151 Å². The summed E-state index contributed by atoms with van der Waals surface area (Å²) in [5, 5.41) is 21.7. The summed E-state index contributed by atoms with van der Waals surface area (Å²) in [6.45, 7) is 3.36. The van der Waals surface area contributed by atoms with Crippen LogP contribution in [-0.4, -0.2) is 51.5 Å². The van der Waals surface area contributed by atoms with Gasteiger partial charge in [0.2, 0.25) is 0 Å². The monoisotopic (exact) mass is 356 g/mol. The van der Waals surface area contributed by atoms with Gasteiger partial charge in [0, 0.05) is 35.6 Å². The van der Waals surface area contributed by atoms with Gasteiger partial charge in [-0.25, -0.2) is 0 Å². The molecule has 3 N–H and O–H groups in total. The molecule has 0 saturated carbocycles. The highest BCUT2D eigenvalue weighted by Gasteiger charge is 2.54. The molecule has 3 aliphatic heterocycles. The Morgan fingerprint density at radius 2 is 2.19 bits per heavy atom. The van der Waals surface area contributed by atoms with Crippen LogP contribution in [0.1, 0.15) is 30.6 Å². The number of aliphatic carboxylic acids is 1. The Kier molecular flexibility index (Phi) is 3.48. The van der Waals surface area contributed by atoms with Crippen molar-refractivity contribution in [2.75, 3.05) is 19.7 Å². The third-order valence-corrected chi connectivity index (χ3v) is 6.79. The molecule has 0 aliphatic carbocycles.